The third-order valence-corrected chi connectivity index (χ3v) is 3.19. The molecule has 3 heteroatoms. The van der Waals surface area contributed by atoms with Gasteiger partial charge in [0.1, 0.15) is 5.78 Å². The van der Waals surface area contributed by atoms with Crippen molar-refractivity contribution in [2.75, 3.05) is 0 Å². The topological polar surface area (TPSA) is 17.1 Å². The van der Waals surface area contributed by atoms with Crippen LogP contribution in [0.4, 0.5) is 8.78 Å². The Kier molecular flexibility index (Phi) is 7.31. The second-order valence-electron chi connectivity index (χ2n) is 4.98. The van der Waals surface area contributed by atoms with Crippen LogP contribution in [0.3, 0.4) is 0 Å². The van der Waals surface area contributed by atoms with Gasteiger partial charge in [-0.2, -0.15) is 0 Å². The van der Waals surface area contributed by atoms with E-state index in [2.05, 4.69) is 6.92 Å². The molecule has 0 aromatic heterocycles. The number of rotatable bonds is 9. The lowest BCUT2D eigenvalue weighted by Gasteiger charge is -2.03. The van der Waals surface area contributed by atoms with Crippen molar-refractivity contribution in [2.45, 2.75) is 58.3 Å². The molecule has 0 N–H and O–H groups in total. The van der Waals surface area contributed by atoms with E-state index >= 15 is 0 Å². The van der Waals surface area contributed by atoms with Crippen molar-refractivity contribution in [2.24, 2.45) is 0 Å². The first-order chi connectivity index (χ1) is 9.13. The fraction of sp³-hybridized carbons (Fsp3) is 0.562. The molecule has 106 valence electrons. The van der Waals surface area contributed by atoms with Crippen LogP contribution in [0.2, 0.25) is 0 Å². The molecule has 0 unspecified atom stereocenters. The fourth-order valence-electron chi connectivity index (χ4n) is 2.07. The smallest absolute Gasteiger partial charge is 0.159 e. The zero-order chi connectivity index (χ0) is 14.1. The van der Waals surface area contributed by atoms with E-state index in [1.165, 1.54) is 31.7 Å². The molecule has 0 radical (unpaired) electrons. The first-order valence-electron chi connectivity index (χ1n) is 7.09. The monoisotopic (exact) mass is 268 g/mol. The first-order valence-corrected chi connectivity index (χ1v) is 7.09. The zero-order valence-corrected chi connectivity index (χ0v) is 11.6. The zero-order valence-electron chi connectivity index (χ0n) is 11.6. The van der Waals surface area contributed by atoms with E-state index in [1.807, 2.05) is 0 Å². The van der Waals surface area contributed by atoms with E-state index < -0.39 is 11.6 Å². The van der Waals surface area contributed by atoms with Crippen LogP contribution in [0.1, 0.15) is 57.4 Å². The molecule has 1 rings (SSSR count). The number of Topliss-reactive ketones (excluding diaryl/α,β-unsaturated/α-hetero) is 1. The van der Waals surface area contributed by atoms with Gasteiger partial charge in [-0.05, 0) is 24.1 Å². The number of unbranched alkanes of at least 4 members (excludes halogenated alkanes) is 5. The number of ketones is 1. The molecule has 1 aromatic carbocycles. The minimum atomic E-state index is -0.884. The molecule has 1 nitrogen and oxygen atoms in total. The number of hydrogen-bond acceptors (Lipinski definition) is 1. The highest BCUT2D eigenvalue weighted by Gasteiger charge is 2.07. The normalized spacial score (nSPS) is 10.7. The number of carbonyl (C=O) groups is 1. The van der Waals surface area contributed by atoms with Crippen LogP contribution in [0.15, 0.2) is 18.2 Å². The summed E-state index contributed by atoms with van der Waals surface area (Å²) in [5.41, 5.74) is 0.551. The lowest BCUT2D eigenvalue weighted by atomic mass is 10.0. The molecular weight excluding hydrogens is 246 g/mol. The van der Waals surface area contributed by atoms with Crippen molar-refractivity contribution < 1.29 is 13.6 Å². The Balaban J connectivity index is 2.21. The summed E-state index contributed by atoms with van der Waals surface area (Å²) in [6, 6.07) is 3.65. The maximum atomic E-state index is 13.0. The minimum absolute atomic E-state index is 0.0986. The van der Waals surface area contributed by atoms with Gasteiger partial charge in [0.2, 0.25) is 0 Å². The van der Waals surface area contributed by atoms with Gasteiger partial charge in [-0.15, -0.1) is 0 Å². The highest BCUT2D eigenvalue weighted by atomic mass is 19.2. The van der Waals surface area contributed by atoms with Crippen LogP contribution in [0, 0.1) is 11.6 Å². The summed E-state index contributed by atoms with van der Waals surface area (Å²) in [5.74, 6) is -1.65. The predicted molar refractivity (Wildman–Crippen MR) is 73.1 cm³/mol. The summed E-state index contributed by atoms with van der Waals surface area (Å²) in [4.78, 5) is 11.7. The average molecular weight is 268 g/mol. The lowest BCUT2D eigenvalue weighted by molar-refractivity contribution is -0.118. The Morgan fingerprint density at radius 3 is 2.37 bits per heavy atom. The molecule has 0 bridgehead atoms. The van der Waals surface area contributed by atoms with Crippen molar-refractivity contribution in [1.29, 1.82) is 0 Å². The van der Waals surface area contributed by atoms with Gasteiger partial charge >= 0.3 is 0 Å². The molecule has 0 amide bonds. The standard InChI is InChI=1S/C16H22F2O/c1-2-3-4-5-6-7-8-14(19)11-13-9-10-15(17)16(18)12-13/h9-10,12H,2-8,11H2,1H3. The predicted octanol–water partition coefficient (Wildman–Crippen LogP) is 4.83. The van der Waals surface area contributed by atoms with Gasteiger partial charge in [0, 0.05) is 12.8 Å². The Morgan fingerprint density at radius 1 is 1.00 bits per heavy atom. The van der Waals surface area contributed by atoms with Crippen molar-refractivity contribution in [3.8, 4) is 0 Å². The molecule has 0 saturated heterocycles. The van der Waals surface area contributed by atoms with Crippen LogP contribution in [0.5, 0.6) is 0 Å². The van der Waals surface area contributed by atoms with E-state index in [4.69, 9.17) is 0 Å². The van der Waals surface area contributed by atoms with Gasteiger partial charge in [-0.1, -0.05) is 45.1 Å². The van der Waals surface area contributed by atoms with E-state index in [0.29, 0.717) is 12.0 Å². The SMILES string of the molecule is CCCCCCCCC(=O)Cc1ccc(F)c(F)c1. The van der Waals surface area contributed by atoms with E-state index in [-0.39, 0.29) is 12.2 Å². The molecule has 0 atom stereocenters. The van der Waals surface area contributed by atoms with Gasteiger partial charge in [0.15, 0.2) is 11.6 Å². The molecule has 0 aliphatic carbocycles. The molecule has 0 aliphatic heterocycles. The molecule has 0 fully saturated rings. The largest absolute Gasteiger partial charge is 0.299 e. The first kappa shape index (κ1) is 15.8. The maximum Gasteiger partial charge on any atom is 0.159 e. The van der Waals surface area contributed by atoms with E-state index in [0.717, 1.165) is 25.0 Å². The second kappa shape index (κ2) is 8.78. The molecule has 0 aliphatic rings. The molecule has 0 heterocycles. The Morgan fingerprint density at radius 2 is 1.68 bits per heavy atom. The van der Waals surface area contributed by atoms with E-state index in [1.54, 1.807) is 0 Å². The quantitative estimate of drug-likeness (QED) is 0.586. The van der Waals surface area contributed by atoms with Gasteiger partial charge < -0.3 is 0 Å². The average Bonchev–Trinajstić information content (AvgIpc) is 2.38. The van der Waals surface area contributed by atoms with Gasteiger partial charge in [-0.3, -0.25) is 4.79 Å². The molecule has 19 heavy (non-hydrogen) atoms. The number of benzene rings is 1. The van der Waals surface area contributed by atoms with Crippen LogP contribution in [0.25, 0.3) is 0 Å². The second-order valence-corrected chi connectivity index (χ2v) is 4.98. The van der Waals surface area contributed by atoms with Crippen LogP contribution in [-0.4, -0.2) is 5.78 Å². The Hall–Kier alpha value is -1.25. The highest BCUT2D eigenvalue weighted by molar-refractivity contribution is 5.80. The Labute approximate surface area is 114 Å². The third-order valence-electron chi connectivity index (χ3n) is 3.19. The van der Waals surface area contributed by atoms with Crippen molar-refractivity contribution in [3.63, 3.8) is 0 Å². The summed E-state index contributed by atoms with van der Waals surface area (Å²) < 4.78 is 25.7. The minimum Gasteiger partial charge on any atom is -0.299 e. The summed E-state index contributed by atoms with van der Waals surface area (Å²) >= 11 is 0. The fourth-order valence-corrected chi connectivity index (χ4v) is 2.07. The maximum absolute atomic E-state index is 13.0. The highest BCUT2D eigenvalue weighted by Crippen LogP contribution is 2.12. The van der Waals surface area contributed by atoms with Crippen LogP contribution in [-0.2, 0) is 11.2 Å². The van der Waals surface area contributed by atoms with Crippen molar-refractivity contribution in [3.05, 3.63) is 35.4 Å². The van der Waals surface area contributed by atoms with E-state index in [9.17, 15) is 13.6 Å². The third kappa shape index (κ3) is 6.46. The summed E-state index contributed by atoms with van der Waals surface area (Å²) in [5, 5.41) is 0. The molecular formula is C16H22F2O. The van der Waals surface area contributed by atoms with Crippen LogP contribution >= 0.6 is 0 Å². The molecule has 0 saturated carbocycles. The van der Waals surface area contributed by atoms with Gasteiger partial charge in [0.25, 0.3) is 0 Å². The van der Waals surface area contributed by atoms with Crippen LogP contribution < -0.4 is 0 Å². The lowest BCUT2D eigenvalue weighted by Crippen LogP contribution is -2.03. The van der Waals surface area contributed by atoms with Crippen molar-refractivity contribution in [1.82, 2.24) is 0 Å². The summed E-state index contributed by atoms with van der Waals surface area (Å²) in [6.07, 6.45) is 7.57. The van der Waals surface area contributed by atoms with Gasteiger partial charge in [-0.25, -0.2) is 8.78 Å². The van der Waals surface area contributed by atoms with Gasteiger partial charge in [0.05, 0.1) is 0 Å². The Bertz CT molecular complexity index is 402. The number of carbonyl (C=O) groups excluding carboxylic acids is 1. The number of halogens is 2. The molecule has 1 aromatic rings. The van der Waals surface area contributed by atoms with Crippen molar-refractivity contribution >= 4 is 5.78 Å². The molecule has 0 spiro atoms. The summed E-state index contributed by atoms with van der Waals surface area (Å²) in [6.45, 7) is 2.17. The number of hydrogen-bond donors (Lipinski definition) is 0. The summed E-state index contributed by atoms with van der Waals surface area (Å²) in [7, 11) is 0.